The van der Waals surface area contributed by atoms with Crippen molar-refractivity contribution in [1.29, 1.82) is 0 Å². The fourth-order valence-corrected chi connectivity index (χ4v) is 11.2. The molecule has 10 rings (SSSR count). The van der Waals surface area contributed by atoms with Crippen molar-refractivity contribution in [3.8, 4) is 0 Å². The Balaban J connectivity index is 1.25. The number of aryl methyl sites for hydroxylation is 1. The van der Waals surface area contributed by atoms with Gasteiger partial charge in [-0.05, 0) is 84.2 Å². The predicted molar refractivity (Wildman–Crippen MR) is 192 cm³/mol. The van der Waals surface area contributed by atoms with Crippen molar-refractivity contribution in [3.63, 3.8) is 0 Å². The van der Waals surface area contributed by atoms with Crippen LogP contribution in [0.5, 0.6) is 0 Å². The highest BCUT2D eigenvalue weighted by atomic mass is 79.9. The van der Waals surface area contributed by atoms with Gasteiger partial charge in [-0.25, -0.2) is 0 Å². The zero-order valence-corrected chi connectivity index (χ0v) is 27.2. The molecule has 3 aromatic rings. The second kappa shape index (κ2) is 9.89. The molecule has 1 aromatic heterocycles. The Kier molecular flexibility index (Phi) is 5.86. The van der Waals surface area contributed by atoms with Crippen LogP contribution >= 0.6 is 27.7 Å². The van der Waals surface area contributed by atoms with Crippen LogP contribution in [0.2, 0.25) is 0 Å². The van der Waals surface area contributed by atoms with Gasteiger partial charge in [0.15, 0.2) is 0 Å². The molecule has 7 aliphatic rings. The van der Waals surface area contributed by atoms with Crippen LogP contribution < -0.4 is 25.8 Å². The van der Waals surface area contributed by atoms with Gasteiger partial charge in [0.2, 0.25) is 0 Å². The zero-order valence-electron chi connectivity index (χ0n) is 24.8. The molecule has 1 fully saturated rings. The summed E-state index contributed by atoms with van der Waals surface area (Å²) in [4.78, 5) is 4.70. The third-order valence-electron chi connectivity index (χ3n) is 11.0. The Morgan fingerprint density at radius 2 is 1.84 bits per heavy atom. The zero-order chi connectivity index (χ0) is 28.9. The van der Waals surface area contributed by atoms with Gasteiger partial charge >= 0.3 is 0 Å². The van der Waals surface area contributed by atoms with Crippen molar-refractivity contribution in [2.45, 2.75) is 55.0 Å². The minimum Gasteiger partial charge on any atom is -0.343 e. The van der Waals surface area contributed by atoms with Crippen LogP contribution in [-0.2, 0) is 12.8 Å². The largest absolute Gasteiger partial charge is 0.343 e. The highest BCUT2D eigenvalue weighted by Crippen LogP contribution is 2.54. The lowest BCUT2D eigenvalue weighted by molar-refractivity contribution is 0.500. The van der Waals surface area contributed by atoms with Gasteiger partial charge in [-0.15, -0.1) is 11.8 Å². The van der Waals surface area contributed by atoms with Crippen molar-refractivity contribution in [2.24, 2.45) is 11.8 Å². The van der Waals surface area contributed by atoms with Crippen molar-refractivity contribution >= 4 is 80.0 Å². The number of benzene rings is 2. The molecule has 2 aliphatic heterocycles. The average molecular weight is 656 g/mol. The summed E-state index contributed by atoms with van der Waals surface area (Å²) in [5.74, 6) is 1.18. The first-order valence-corrected chi connectivity index (χ1v) is 18.3. The molecule has 0 saturated carbocycles. The number of rotatable bonds is 2. The molecule has 4 atom stereocenters. The summed E-state index contributed by atoms with van der Waals surface area (Å²) in [5, 5.41) is 7.78. The molecule has 4 heteroatoms. The van der Waals surface area contributed by atoms with E-state index in [0.717, 1.165) is 51.5 Å². The summed E-state index contributed by atoms with van der Waals surface area (Å²) in [6.07, 6.45) is 36.7. The number of allylic oxidation sites excluding steroid dienone is 8. The van der Waals surface area contributed by atoms with Gasteiger partial charge in [0, 0.05) is 61.1 Å². The smallest absolute Gasteiger partial charge is 0.0625 e. The third kappa shape index (κ3) is 3.67. The first-order chi connectivity index (χ1) is 21.7. The number of fused-ring (bicyclic) bond motifs is 12. The molecule has 0 amide bonds. The summed E-state index contributed by atoms with van der Waals surface area (Å²) in [6, 6.07) is 7.21. The molecular weight excluding hydrogens is 620 g/mol. The maximum Gasteiger partial charge on any atom is 0.0625 e. The van der Waals surface area contributed by atoms with E-state index in [1.807, 2.05) is 0 Å². The lowest BCUT2D eigenvalue weighted by atomic mass is 9.82. The van der Waals surface area contributed by atoms with Crippen LogP contribution in [0.3, 0.4) is 0 Å². The first kappa shape index (κ1) is 26.1. The number of nitrogens with zero attached hydrogens (tertiary/aromatic N) is 2. The highest BCUT2D eigenvalue weighted by Gasteiger charge is 2.41. The molecule has 0 N–H and O–H groups in total. The van der Waals surface area contributed by atoms with E-state index in [-0.39, 0.29) is 0 Å². The van der Waals surface area contributed by atoms with Crippen LogP contribution in [0.4, 0.5) is 5.69 Å². The Labute approximate surface area is 271 Å². The minimum absolute atomic E-state index is 0.386. The number of halogens is 1. The van der Waals surface area contributed by atoms with Crippen LogP contribution in [0.15, 0.2) is 71.8 Å². The molecule has 2 aromatic carbocycles. The molecular formula is C40H35BrN2S. The molecule has 44 heavy (non-hydrogen) atoms. The molecule has 4 unspecified atom stereocenters. The Morgan fingerprint density at radius 3 is 2.82 bits per heavy atom. The predicted octanol–water partition coefficient (Wildman–Crippen LogP) is 6.68. The first-order valence-electron chi connectivity index (χ1n) is 16.5. The van der Waals surface area contributed by atoms with E-state index >= 15 is 0 Å². The lowest BCUT2D eigenvalue weighted by Gasteiger charge is -2.28. The van der Waals surface area contributed by atoms with E-state index in [2.05, 4.69) is 128 Å². The summed E-state index contributed by atoms with van der Waals surface area (Å²) in [7, 11) is 0. The normalized spacial score (nSPS) is 27.3. The van der Waals surface area contributed by atoms with Crippen LogP contribution in [0, 0.1) is 11.8 Å². The summed E-state index contributed by atoms with van der Waals surface area (Å²) in [5.41, 5.74) is 10.3. The van der Waals surface area contributed by atoms with Crippen LogP contribution in [0.1, 0.15) is 48.8 Å². The molecule has 0 spiro atoms. The van der Waals surface area contributed by atoms with E-state index in [4.69, 9.17) is 0 Å². The third-order valence-corrected chi connectivity index (χ3v) is 13.2. The molecule has 3 heterocycles. The van der Waals surface area contributed by atoms with Gasteiger partial charge in [-0.1, -0.05) is 88.8 Å². The number of thioether (sulfide) groups is 1. The van der Waals surface area contributed by atoms with Crippen LogP contribution in [0.25, 0.3) is 46.6 Å². The summed E-state index contributed by atoms with van der Waals surface area (Å²) >= 11 is 6.09. The van der Waals surface area contributed by atoms with Crippen LogP contribution in [-0.4, -0.2) is 21.2 Å². The molecule has 0 radical (unpaired) electrons. The maximum atomic E-state index is 3.98. The Hall–Kier alpha value is -3.21. The van der Waals surface area contributed by atoms with Gasteiger partial charge in [0.1, 0.15) is 0 Å². The SMILES string of the molecule is BrC1C=c2c3c(c4ccn(C5=C6SC7C=CC=CC7C6CC=C5)c4c2=CC1)N(C1=c2c4c(ccc2=CCC1)CCC=C4)CC3. The van der Waals surface area contributed by atoms with Crippen molar-refractivity contribution in [2.75, 3.05) is 11.4 Å². The van der Waals surface area contributed by atoms with Crippen molar-refractivity contribution in [1.82, 2.24) is 4.57 Å². The van der Waals surface area contributed by atoms with Gasteiger partial charge < -0.3 is 9.47 Å². The topological polar surface area (TPSA) is 8.17 Å². The Bertz CT molecular complexity index is 2210. The second-order valence-corrected chi connectivity index (χ2v) is 15.7. The molecule has 2 nitrogen and oxygen atoms in total. The monoisotopic (exact) mass is 654 g/mol. The molecule has 1 saturated heterocycles. The number of hydrogen-bond donors (Lipinski definition) is 0. The highest BCUT2D eigenvalue weighted by molar-refractivity contribution is 9.09. The van der Waals surface area contributed by atoms with Gasteiger partial charge in [0.25, 0.3) is 0 Å². The summed E-state index contributed by atoms with van der Waals surface area (Å²) < 4.78 is 2.57. The van der Waals surface area contributed by atoms with E-state index in [1.165, 1.54) is 60.0 Å². The number of hydrogen-bond acceptors (Lipinski definition) is 2. The fraction of sp³-hybridized carbons (Fsp3) is 0.300. The van der Waals surface area contributed by atoms with Crippen molar-refractivity contribution < 1.29 is 0 Å². The molecule has 218 valence electrons. The number of anilines is 1. The fourth-order valence-electron chi connectivity index (χ4n) is 9.12. The van der Waals surface area contributed by atoms with E-state index in [0.29, 0.717) is 21.9 Å². The minimum atomic E-state index is 0.386. The van der Waals surface area contributed by atoms with Gasteiger partial charge in [-0.3, -0.25) is 0 Å². The standard InChI is InChI=1S/C40H35BrN2S/c41-26-17-18-29-33(23-26)30-19-21-42(34-12-5-8-25-16-15-24-7-1-2-9-27(24)37(25)34)39(30)32-20-22-43(38(29)32)35-13-6-11-31-28-10-3-4-14-36(28)44-40(31)35/h2-4,6,8-10,13-16,18,20,22-23,26,28,31,36H,1,5,7,11-12,17,19,21H2. The number of aromatic nitrogens is 1. The maximum absolute atomic E-state index is 3.98. The average Bonchev–Trinajstić information content (AvgIpc) is 3.80. The summed E-state index contributed by atoms with van der Waals surface area (Å²) in [6.45, 7) is 1.06. The number of alkyl halides is 1. The van der Waals surface area contributed by atoms with E-state index in [9.17, 15) is 0 Å². The Morgan fingerprint density at radius 1 is 0.886 bits per heavy atom. The lowest BCUT2D eigenvalue weighted by Crippen LogP contribution is -2.39. The van der Waals surface area contributed by atoms with Gasteiger partial charge in [0.05, 0.1) is 16.9 Å². The van der Waals surface area contributed by atoms with E-state index in [1.54, 1.807) is 10.5 Å². The van der Waals surface area contributed by atoms with E-state index < -0.39 is 0 Å². The second-order valence-electron chi connectivity index (χ2n) is 13.3. The quantitative estimate of drug-likeness (QED) is 0.285. The molecule has 0 bridgehead atoms. The van der Waals surface area contributed by atoms with Crippen molar-refractivity contribution in [3.05, 3.63) is 109 Å². The molecule has 5 aliphatic carbocycles. The van der Waals surface area contributed by atoms with Gasteiger partial charge in [-0.2, -0.15) is 0 Å².